The normalized spacial score (nSPS) is 20.5. The Morgan fingerprint density at radius 1 is 0.591 bits per heavy atom. The van der Waals surface area contributed by atoms with Gasteiger partial charge in [-0.05, 0) is 97.2 Å². The van der Waals surface area contributed by atoms with Gasteiger partial charge >= 0.3 is 0 Å². The molecule has 66 heavy (non-hydrogen) atoms. The summed E-state index contributed by atoms with van der Waals surface area (Å²) in [5.74, 6) is -0.760. The highest BCUT2D eigenvalue weighted by atomic mass is 16.2. The first kappa shape index (κ1) is 46.9. The lowest BCUT2D eigenvalue weighted by Gasteiger charge is -2.29. The number of amides is 7. The molecule has 1 aromatic heterocycles. The molecule has 3 atom stereocenters. The number of carbonyl (C=O) groups excluding carboxylic acids is 7. The number of allylic oxidation sites excluding steroid dienone is 2. The van der Waals surface area contributed by atoms with E-state index in [4.69, 9.17) is 0 Å². The number of carbonyl (C=O) groups is 7. The van der Waals surface area contributed by atoms with Crippen molar-refractivity contribution < 1.29 is 33.6 Å². The second-order valence-electron chi connectivity index (χ2n) is 18.4. The zero-order valence-electron chi connectivity index (χ0n) is 38.6. The molecule has 3 aromatic carbocycles. The van der Waals surface area contributed by atoms with E-state index in [-0.39, 0.29) is 65.2 Å². The van der Waals surface area contributed by atoms with Crippen LogP contribution in [0.1, 0.15) is 163 Å². The molecule has 9 rings (SSSR count). The molecule has 344 valence electrons. The third kappa shape index (κ3) is 8.85. The summed E-state index contributed by atoms with van der Waals surface area (Å²) in [6, 6.07) is 15.0. The maximum Gasteiger partial charge on any atom is 0.262 e. The smallest absolute Gasteiger partial charge is 0.262 e. The van der Waals surface area contributed by atoms with E-state index in [0.29, 0.717) is 89.4 Å². The lowest BCUT2D eigenvalue weighted by Crippen LogP contribution is -2.52. The van der Waals surface area contributed by atoms with E-state index in [1.807, 2.05) is 56.3 Å². The topological polar surface area (TPSA) is 197 Å². The molecule has 5 aliphatic rings. The average Bonchev–Trinajstić information content (AvgIpc) is 3.73. The number of hydrogen-bond donors (Lipinski definition) is 3. The summed E-state index contributed by atoms with van der Waals surface area (Å²) in [4.78, 5) is 106. The summed E-state index contributed by atoms with van der Waals surface area (Å²) < 4.78 is 1.54. The molecule has 0 bridgehead atoms. The third-order valence-corrected chi connectivity index (χ3v) is 12.9. The first-order valence-corrected chi connectivity index (χ1v) is 22.6. The number of fused-ring (bicyclic) bond motifs is 3. The van der Waals surface area contributed by atoms with Gasteiger partial charge < -0.3 is 15.5 Å². The highest BCUT2D eigenvalue weighted by molar-refractivity contribution is 6.23. The number of rotatable bonds is 6. The fourth-order valence-corrected chi connectivity index (χ4v) is 9.49. The van der Waals surface area contributed by atoms with Crippen molar-refractivity contribution >= 4 is 52.3 Å². The number of nitrogens with zero attached hydrogens (tertiary/aromatic N) is 4. The molecule has 15 nitrogen and oxygen atoms in total. The molecule has 0 radical (unpaired) electrons. The number of piperidine rings is 3. The molecule has 3 N–H and O–H groups in total. The largest absolute Gasteiger partial charge is 0.329 e. The second kappa shape index (κ2) is 18.8. The fraction of sp³-hybridized carbons (Fsp3) is 0.392. The zero-order chi connectivity index (χ0) is 47.9. The molecule has 4 aromatic rings. The van der Waals surface area contributed by atoms with Crippen molar-refractivity contribution in [1.29, 1.82) is 0 Å². The van der Waals surface area contributed by atoms with Crippen molar-refractivity contribution in [2.45, 2.75) is 129 Å². The average molecular weight is 896 g/mol. The van der Waals surface area contributed by atoms with E-state index in [2.05, 4.69) is 61.8 Å². The summed E-state index contributed by atoms with van der Waals surface area (Å²) in [6.45, 7) is 22.0. The van der Waals surface area contributed by atoms with Gasteiger partial charge in [0.05, 0.1) is 22.0 Å². The Balaban J connectivity index is 0.000000147. The molecule has 0 aliphatic carbocycles. The quantitative estimate of drug-likeness (QED) is 0.180. The number of hydrogen-bond acceptors (Lipinski definition) is 9. The Bertz CT molecular complexity index is 2800. The van der Waals surface area contributed by atoms with Crippen LogP contribution >= 0.6 is 0 Å². The van der Waals surface area contributed by atoms with E-state index in [1.54, 1.807) is 24.0 Å². The molecular weight excluding hydrogens is 839 g/mol. The van der Waals surface area contributed by atoms with Crippen LogP contribution in [-0.2, 0) is 25.7 Å². The van der Waals surface area contributed by atoms with Crippen LogP contribution in [0.15, 0.2) is 83.9 Å². The maximum atomic E-state index is 13.1. The molecule has 3 saturated heterocycles. The van der Waals surface area contributed by atoms with Crippen LogP contribution in [0.25, 0.3) is 10.9 Å². The van der Waals surface area contributed by atoms with Gasteiger partial charge in [-0.2, -0.15) is 0 Å². The van der Waals surface area contributed by atoms with Crippen LogP contribution in [0.4, 0.5) is 0 Å². The van der Waals surface area contributed by atoms with Gasteiger partial charge in [0.1, 0.15) is 23.9 Å². The predicted octanol–water partition coefficient (Wildman–Crippen LogP) is 6.56. The predicted molar refractivity (Wildman–Crippen MR) is 248 cm³/mol. The summed E-state index contributed by atoms with van der Waals surface area (Å²) >= 11 is 0. The van der Waals surface area contributed by atoms with E-state index >= 15 is 0 Å². The SMILES string of the molecule is C=C1CCC(N2C(=O)c3cccc(C(C)C)c3C2=O)C(=O)N1.C=C1CCC(n2c(C)nc3cccc(C(C)C)c3c2=O)C(=O)N1.CC(C)c1cccc2c1CN(C1CCC(=O)NC1=O)C2=O. The fourth-order valence-electron chi connectivity index (χ4n) is 9.49. The van der Waals surface area contributed by atoms with E-state index < -0.39 is 18.1 Å². The minimum Gasteiger partial charge on any atom is -0.329 e. The van der Waals surface area contributed by atoms with Crippen LogP contribution < -0.4 is 21.5 Å². The second-order valence-corrected chi connectivity index (χ2v) is 18.4. The van der Waals surface area contributed by atoms with Crippen molar-refractivity contribution in [3.8, 4) is 0 Å². The van der Waals surface area contributed by atoms with Crippen molar-refractivity contribution in [2.75, 3.05) is 0 Å². The molecule has 0 spiro atoms. The van der Waals surface area contributed by atoms with Gasteiger partial charge in [-0.1, -0.05) is 91.1 Å². The van der Waals surface area contributed by atoms with Crippen LogP contribution in [0.2, 0.25) is 0 Å². The molecule has 3 fully saturated rings. The summed E-state index contributed by atoms with van der Waals surface area (Å²) in [7, 11) is 0. The minimum absolute atomic E-state index is 0.109. The lowest BCUT2D eigenvalue weighted by molar-refractivity contribution is -0.137. The molecule has 15 heteroatoms. The molecule has 7 amide bonds. The molecule has 5 aliphatic heterocycles. The molecular formula is C51H57N7O8. The van der Waals surface area contributed by atoms with Crippen LogP contribution in [0, 0.1) is 6.92 Å². The van der Waals surface area contributed by atoms with Gasteiger partial charge in [0, 0.05) is 29.9 Å². The Labute approximate surface area is 383 Å². The van der Waals surface area contributed by atoms with Crippen molar-refractivity contribution in [3.63, 3.8) is 0 Å². The van der Waals surface area contributed by atoms with Crippen LogP contribution in [0.3, 0.4) is 0 Å². The number of aryl methyl sites for hydroxylation is 1. The van der Waals surface area contributed by atoms with Crippen LogP contribution in [0.5, 0.6) is 0 Å². The van der Waals surface area contributed by atoms with Gasteiger partial charge in [-0.25, -0.2) is 4.98 Å². The van der Waals surface area contributed by atoms with Crippen molar-refractivity contribution in [3.05, 3.63) is 134 Å². The highest BCUT2D eigenvalue weighted by Crippen LogP contribution is 2.35. The van der Waals surface area contributed by atoms with E-state index in [1.165, 1.54) is 4.57 Å². The lowest BCUT2D eigenvalue weighted by atomic mass is 9.94. The summed E-state index contributed by atoms with van der Waals surface area (Å²) in [5.41, 5.74) is 7.39. The summed E-state index contributed by atoms with van der Waals surface area (Å²) in [5, 5.41) is 8.31. The van der Waals surface area contributed by atoms with Crippen LogP contribution in [-0.4, -0.2) is 72.8 Å². The molecule has 3 unspecified atom stereocenters. The Morgan fingerprint density at radius 3 is 1.71 bits per heavy atom. The Hall–Kier alpha value is -7.03. The minimum atomic E-state index is -0.752. The summed E-state index contributed by atoms with van der Waals surface area (Å²) in [6.07, 6.45) is 2.93. The van der Waals surface area contributed by atoms with E-state index in [9.17, 15) is 38.4 Å². The molecule has 6 heterocycles. The number of benzene rings is 3. The first-order chi connectivity index (χ1) is 31.3. The molecule has 0 saturated carbocycles. The first-order valence-electron chi connectivity index (χ1n) is 22.6. The highest BCUT2D eigenvalue weighted by Gasteiger charge is 2.45. The van der Waals surface area contributed by atoms with Gasteiger partial charge in [0.2, 0.25) is 23.6 Å². The van der Waals surface area contributed by atoms with Gasteiger partial charge in [0.25, 0.3) is 23.3 Å². The van der Waals surface area contributed by atoms with Gasteiger partial charge in [0.15, 0.2) is 0 Å². The number of nitrogens with one attached hydrogen (secondary N) is 3. The zero-order valence-corrected chi connectivity index (χ0v) is 38.6. The Morgan fingerprint density at radius 2 is 1.12 bits per heavy atom. The maximum absolute atomic E-state index is 13.1. The monoisotopic (exact) mass is 895 g/mol. The van der Waals surface area contributed by atoms with Crippen molar-refractivity contribution in [2.24, 2.45) is 0 Å². The van der Waals surface area contributed by atoms with Crippen molar-refractivity contribution in [1.82, 2.24) is 35.3 Å². The third-order valence-electron chi connectivity index (χ3n) is 12.9. The van der Waals surface area contributed by atoms with E-state index in [0.717, 1.165) is 27.2 Å². The number of aromatic nitrogens is 2. The Kier molecular flexibility index (Phi) is 13.4. The number of imide groups is 2. The van der Waals surface area contributed by atoms with Gasteiger partial charge in [-0.3, -0.25) is 53.1 Å². The van der Waals surface area contributed by atoms with Gasteiger partial charge in [-0.15, -0.1) is 0 Å². The standard InChI is InChI=1S/C18H21N3O2.C17H18N2O3.C16H18N2O3/c1-10(2)13-6-5-7-14-16(13)18(23)21(12(4)20-14)15-9-8-11(3)19-17(15)22;1-9(2)11-5-4-6-12-14(11)17(22)19(16(12)21)13-8-7-10(3)18-15(13)20;1-9(2)10-4-3-5-11-12(10)8-18(16(11)21)13-6-7-14(19)17-15(13)20/h5-7,10,15H,3,8-9H2,1-2,4H3,(H,19,22);4-6,9,13H,3,7-8H2,1-2H3,(H,18,20);3-5,9,13H,6-8H2,1-2H3,(H,17,19,20).